The van der Waals surface area contributed by atoms with Crippen LogP contribution in [0.5, 0.6) is 0 Å². The van der Waals surface area contributed by atoms with E-state index < -0.39 is 35.1 Å². The molecule has 0 spiro atoms. The average molecular weight is 672 g/mol. The highest BCUT2D eigenvalue weighted by molar-refractivity contribution is 6.30. The Morgan fingerprint density at radius 3 is 2.06 bits per heavy atom. The fraction of sp³-hybridized carbons (Fsp3) is 0.583. The van der Waals surface area contributed by atoms with Gasteiger partial charge in [-0.15, -0.1) is 0 Å². The predicted octanol–water partition coefficient (Wildman–Crippen LogP) is 5.25. The molecule has 0 aliphatic carbocycles. The van der Waals surface area contributed by atoms with Gasteiger partial charge in [-0.2, -0.15) is 0 Å². The van der Waals surface area contributed by atoms with Crippen molar-refractivity contribution in [1.29, 1.82) is 0 Å². The van der Waals surface area contributed by atoms with Crippen LogP contribution in [0.25, 0.3) is 0 Å². The quantitative estimate of drug-likeness (QED) is 0.434. The molecule has 0 unspecified atom stereocenters. The maximum absolute atomic E-state index is 15.4. The summed E-state index contributed by atoms with van der Waals surface area (Å²) in [6.45, 7) is 15.3. The number of rotatable bonds is 5. The van der Waals surface area contributed by atoms with Crippen molar-refractivity contribution in [2.45, 2.75) is 71.5 Å². The van der Waals surface area contributed by atoms with E-state index in [0.717, 1.165) is 17.7 Å². The summed E-state index contributed by atoms with van der Waals surface area (Å²) in [5, 5.41) is 0.610. The number of benzene rings is 2. The Hall–Kier alpha value is -3.08. The number of piperazine rings is 1. The van der Waals surface area contributed by atoms with E-state index in [4.69, 9.17) is 11.6 Å². The Kier molecular flexibility index (Phi) is 10.1. The van der Waals surface area contributed by atoms with E-state index in [2.05, 4.69) is 30.6 Å². The number of likely N-dealkylation sites (tertiary alicyclic amines) is 2. The molecule has 0 radical (unpaired) electrons. The number of hydrogen-bond acceptors (Lipinski definition) is 5. The minimum Gasteiger partial charge on any atom is -0.338 e. The Bertz CT molecular complexity index is 1480. The zero-order chi connectivity index (χ0) is 34.4. The van der Waals surface area contributed by atoms with E-state index in [1.165, 1.54) is 11.0 Å². The van der Waals surface area contributed by atoms with E-state index in [1.807, 2.05) is 31.3 Å². The molecule has 3 aliphatic rings. The number of halogens is 3. The van der Waals surface area contributed by atoms with Gasteiger partial charge in [0.2, 0.25) is 17.7 Å². The molecule has 0 N–H and O–H groups in total. The van der Waals surface area contributed by atoms with Crippen LogP contribution in [-0.4, -0.2) is 108 Å². The second-order valence-corrected chi connectivity index (χ2v) is 15.8. The third-order valence-electron chi connectivity index (χ3n) is 9.94. The number of hydrogen-bond donors (Lipinski definition) is 0. The summed E-state index contributed by atoms with van der Waals surface area (Å²) in [4.78, 5) is 52.4. The zero-order valence-corrected chi connectivity index (χ0v) is 29.4. The van der Waals surface area contributed by atoms with Gasteiger partial charge in [0, 0.05) is 73.8 Å². The van der Waals surface area contributed by atoms with Crippen LogP contribution in [0.2, 0.25) is 5.02 Å². The second kappa shape index (κ2) is 13.4. The zero-order valence-electron chi connectivity index (χ0n) is 28.6. The Balaban J connectivity index is 1.55. The summed E-state index contributed by atoms with van der Waals surface area (Å²) < 4.78 is 29.4. The van der Waals surface area contributed by atoms with Crippen LogP contribution in [0.1, 0.15) is 59.4 Å². The standard InChI is InChI=1S/C36H48ClF2N5O3/c1-35(2,3)34(47)44(30-13-12-25(38)18-29(30)39)26-19-31(33(46)41-16-14-40(7)15-17-41)43(20-26)32(45)28-22-42(36(4,5)6)21-27(28)23-8-10-24(37)11-9-23/h8-13,18,26-28,31H,14-17,19-22H2,1-7H3/t26-,27-,28+,31-/m0/s1. The van der Waals surface area contributed by atoms with Crippen molar-refractivity contribution >= 4 is 35.0 Å². The Morgan fingerprint density at radius 2 is 1.49 bits per heavy atom. The molecular weight excluding hydrogens is 624 g/mol. The number of carbonyl (C=O) groups excluding carboxylic acids is 3. The molecule has 47 heavy (non-hydrogen) atoms. The topological polar surface area (TPSA) is 67.4 Å². The summed E-state index contributed by atoms with van der Waals surface area (Å²) in [6.07, 6.45) is 0.150. The van der Waals surface area contributed by atoms with Crippen molar-refractivity contribution in [1.82, 2.24) is 19.6 Å². The maximum atomic E-state index is 15.4. The lowest BCUT2D eigenvalue weighted by atomic mass is 9.88. The van der Waals surface area contributed by atoms with Gasteiger partial charge in [0.05, 0.1) is 17.6 Å². The predicted molar refractivity (Wildman–Crippen MR) is 180 cm³/mol. The number of likely N-dealkylation sites (N-methyl/N-ethyl adjacent to an activating group) is 1. The molecule has 2 aromatic carbocycles. The number of nitrogens with zero attached hydrogens (tertiary/aromatic N) is 5. The highest BCUT2D eigenvalue weighted by Gasteiger charge is 2.51. The average Bonchev–Trinajstić information content (AvgIpc) is 3.64. The summed E-state index contributed by atoms with van der Waals surface area (Å²) in [5.74, 6) is -2.90. The van der Waals surface area contributed by atoms with E-state index >= 15 is 4.39 Å². The lowest BCUT2D eigenvalue weighted by Gasteiger charge is -2.36. The summed E-state index contributed by atoms with van der Waals surface area (Å²) >= 11 is 6.22. The van der Waals surface area contributed by atoms with Gasteiger partial charge in [-0.25, -0.2) is 8.78 Å². The smallest absolute Gasteiger partial charge is 0.245 e. The highest BCUT2D eigenvalue weighted by atomic mass is 35.5. The van der Waals surface area contributed by atoms with E-state index in [1.54, 1.807) is 30.6 Å². The first-order valence-corrected chi connectivity index (χ1v) is 16.9. The van der Waals surface area contributed by atoms with Gasteiger partial charge >= 0.3 is 0 Å². The van der Waals surface area contributed by atoms with Gasteiger partial charge in [0.1, 0.15) is 17.7 Å². The van der Waals surface area contributed by atoms with Crippen molar-refractivity contribution in [2.24, 2.45) is 11.3 Å². The van der Waals surface area contributed by atoms with Crippen molar-refractivity contribution in [3.05, 3.63) is 64.7 Å². The van der Waals surface area contributed by atoms with Gasteiger partial charge in [0.15, 0.2) is 0 Å². The Morgan fingerprint density at radius 1 is 0.851 bits per heavy atom. The summed E-state index contributed by atoms with van der Waals surface area (Å²) in [7, 11) is 2.01. The van der Waals surface area contributed by atoms with Crippen LogP contribution >= 0.6 is 11.6 Å². The van der Waals surface area contributed by atoms with Crippen LogP contribution in [0.3, 0.4) is 0 Å². The third-order valence-corrected chi connectivity index (χ3v) is 10.2. The molecule has 11 heteroatoms. The normalized spacial score (nSPS) is 24.6. The molecule has 4 atom stereocenters. The first kappa shape index (κ1) is 35.2. The van der Waals surface area contributed by atoms with Gasteiger partial charge in [-0.1, -0.05) is 44.5 Å². The van der Waals surface area contributed by atoms with Gasteiger partial charge in [0.25, 0.3) is 0 Å². The second-order valence-electron chi connectivity index (χ2n) is 15.4. The SMILES string of the molecule is CN1CCN(C(=O)[C@@H]2C[C@H](N(C(=O)C(C)(C)C)c3ccc(F)cc3F)CN2C(=O)[C@@H]2CN(C(C)(C)C)C[C@H]2c2ccc(Cl)cc2)CC1. The van der Waals surface area contributed by atoms with Crippen LogP contribution in [0, 0.1) is 23.0 Å². The molecule has 0 saturated carbocycles. The van der Waals surface area contributed by atoms with Crippen LogP contribution < -0.4 is 4.90 Å². The van der Waals surface area contributed by atoms with Crippen molar-refractivity contribution in [3.8, 4) is 0 Å². The molecule has 0 bridgehead atoms. The Labute approximate surface area is 282 Å². The highest BCUT2D eigenvalue weighted by Crippen LogP contribution is 2.40. The van der Waals surface area contributed by atoms with E-state index in [9.17, 15) is 18.8 Å². The fourth-order valence-electron chi connectivity index (χ4n) is 7.09. The lowest BCUT2D eigenvalue weighted by molar-refractivity contribution is -0.147. The monoisotopic (exact) mass is 671 g/mol. The molecule has 2 aromatic rings. The van der Waals surface area contributed by atoms with E-state index in [-0.39, 0.29) is 47.8 Å². The minimum absolute atomic E-state index is 0.0565. The molecule has 256 valence electrons. The van der Waals surface area contributed by atoms with E-state index in [0.29, 0.717) is 44.3 Å². The van der Waals surface area contributed by atoms with Crippen molar-refractivity contribution in [2.75, 3.05) is 57.8 Å². The number of anilines is 1. The molecule has 3 saturated heterocycles. The van der Waals surface area contributed by atoms with Gasteiger partial charge in [-0.3, -0.25) is 19.3 Å². The first-order chi connectivity index (χ1) is 22.0. The third kappa shape index (κ3) is 7.50. The molecule has 3 amide bonds. The molecule has 0 aromatic heterocycles. The van der Waals surface area contributed by atoms with Crippen LogP contribution in [-0.2, 0) is 14.4 Å². The molecule has 5 rings (SSSR count). The molecule has 3 aliphatic heterocycles. The van der Waals surface area contributed by atoms with Crippen molar-refractivity contribution < 1.29 is 23.2 Å². The fourth-order valence-corrected chi connectivity index (χ4v) is 7.21. The molecular formula is C36H48ClF2N5O3. The summed E-state index contributed by atoms with van der Waals surface area (Å²) in [5.41, 5.74) is -0.170. The maximum Gasteiger partial charge on any atom is 0.245 e. The minimum atomic E-state index is -0.909. The molecule has 3 heterocycles. The van der Waals surface area contributed by atoms with Crippen LogP contribution in [0.4, 0.5) is 14.5 Å². The number of carbonyl (C=O) groups is 3. The molecule has 8 nitrogen and oxygen atoms in total. The van der Waals surface area contributed by atoms with Gasteiger partial charge in [-0.05, 0) is 64.1 Å². The molecule has 3 fully saturated rings. The largest absolute Gasteiger partial charge is 0.338 e. The summed E-state index contributed by atoms with van der Waals surface area (Å²) in [6, 6.07) is 9.21. The van der Waals surface area contributed by atoms with Gasteiger partial charge < -0.3 is 19.6 Å². The first-order valence-electron chi connectivity index (χ1n) is 16.5. The van der Waals surface area contributed by atoms with Crippen molar-refractivity contribution in [3.63, 3.8) is 0 Å². The lowest BCUT2D eigenvalue weighted by Crippen LogP contribution is -2.54. The van der Waals surface area contributed by atoms with Crippen LogP contribution in [0.15, 0.2) is 42.5 Å². The number of amides is 3.